The van der Waals surface area contributed by atoms with Crippen molar-refractivity contribution in [2.24, 2.45) is 0 Å². The molecule has 0 radical (unpaired) electrons. The van der Waals surface area contributed by atoms with Crippen LogP contribution in [0.3, 0.4) is 0 Å². The lowest BCUT2D eigenvalue weighted by atomic mass is 9.86. The Bertz CT molecular complexity index is 641. The van der Waals surface area contributed by atoms with Gasteiger partial charge in [0, 0.05) is 18.8 Å². The molecule has 1 amide bonds. The second kappa shape index (κ2) is 7.34. The Kier molecular flexibility index (Phi) is 4.93. The molecule has 1 spiro atoms. The first-order valence-electron chi connectivity index (χ1n) is 9.38. The van der Waals surface area contributed by atoms with E-state index in [4.69, 9.17) is 4.74 Å². The van der Waals surface area contributed by atoms with Crippen molar-refractivity contribution in [3.63, 3.8) is 0 Å². The minimum atomic E-state index is -0.573. The molecular weight excluding hydrogens is 332 g/mol. The van der Waals surface area contributed by atoms with Crippen LogP contribution in [0, 0.1) is 0 Å². The Morgan fingerprint density at radius 3 is 2.58 bits per heavy atom. The number of ether oxygens (including phenoxy) is 1. The van der Waals surface area contributed by atoms with Crippen LogP contribution in [0.15, 0.2) is 30.3 Å². The maximum Gasteiger partial charge on any atom is 0.250 e. The number of rotatable bonds is 4. The molecule has 0 aliphatic carbocycles. The third-order valence-corrected chi connectivity index (χ3v) is 5.80. The van der Waals surface area contributed by atoms with Gasteiger partial charge in [-0.1, -0.05) is 18.2 Å². The number of benzene rings is 1. The fourth-order valence-electron chi connectivity index (χ4n) is 4.39. The molecule has 0 saturated carbocycles. The molecule has 7 nitrogen and oxygen atoms in total. The second-order valence-corrected chi connectivity index (χ2v) is 7.20. The van der Waals surface area contributed by atoms with E-state index < -0.39 is 11.6 Å². The quantitative estimate of drug-likeness (QED) is 0.737. The summed E-state index contributed by atoms with van der Waals surface area (Å²) in [5, 5.41) is 6.60. The molecule has 0 bridgehead atoms. The van der Waals surface area contributed by atoms with Crippen molar-refractivity contribution < 1.29 is 14.3 Å². The summed E-state index contributed by atoms with van der Waals surface area (Å²) in [7, 11) is 0. The average Bonchev–Trinajstić information content (AvgIpc) is 2.97. The summed E-state index contributed by atoms with van der Waals surface area (Å²) in [4.78, 5) is 29.4. The molecule has 26 heavy (non-hydrogen) atoms. The normalized spacial score (nSPS) is 26.9. The molecular formula is C19H26N4O3. The molecule has 3 aliphatic heterocycles. The summed E-state index contributed by atoms with van der Waals surface area (Å²) >= 11 is 0. The van der Waals surface area contributed by atoms with E-state index in [1.54, 1.807) is 4.90 Å². The standard InChI is InChI=1S/C19H26N4O3/c24-13-16(17-12-21-10-11-26-17)22-14-23(15-4-2-1-3-5-15)19(18(22)25)6-8-20-9-7-19/h1-5,13,16-17,20-21H,6-12,14H2. The van der Waals surface area contributed by atoms with Crippen LogP contribution >= 0.6 is 0 Å². The molecule has 3 fully saturated rings. The summed E-state index contributed by atoms with van der Waals surface area (Å²) < 4.78 is 5.79. The molecule has 1 aromatic rings. The Morgan fingerprint density at radius 2 is 1.92 bits per heavy atom. The highest BCUT2D eigenvalue weighted by Crippen LogP contribution is 2.39. The number of morpholine rings is 1. The molecule has 0 aromatic heterocycles. The highest BCUT2D eigenvalue weighted by Gasteiger charge is 2.55. The zero-order valence-electron chi connectivity index (χ0n) is 14.9. The van der Waals surface area contributed by atoms with E-state index in [1.165, 1.54) is 0 Å². The topological polar surface area (TPSA) is 73.9 Å². The molecule has 2 N–H and O–H groups in total. The van der Waals surface area contributed by atoms with E-state index in [9.17, 15) is 9.59 Å². The summed E-state index contributed by atoms with van der Waals surface area (Å²) in [6, 6.07) is 9.47. The van der Waals surface area contributed by atoms with Crippen molar-refractivity contribution in [2.75, 3.05) is 44.4 Å². The van der Waals surface area contributed by atoms with Gasteiger partial charge in [0.1, 0.15) is 17.9 Å². The molecule has 4 rings (SSSR count). The molecule has 3 saturated heterocycles. The highest BCUT2D eigenvalue weighted by atomic mass is 16.5. The molecule has 3 heterocycles. The summed E-state index contributed by atoms with van der Waals surface area (Å²) in [6.45, 7) is 3.96. The van der Waals surface area contributed by atoms with Crippen LogP contribution in [0.25, 0.3) is 0 Å². The van der Waals surface area contributed by atoms with Crippen LogP contribution in [-0.2, 0) is 14.3 Å². The van der Waals surface area contributed by atoms with Gasteiger partial charge in [0.05, 0.1) is 19.4 Å². The van der Waals surface area contributed by atoms with E-state index >= 15 is 0 Å². The number of hydrogen-bond donors (Lipinski definition) is 2. The predicted octanol–water partition coefficient (Wildman–Crippen LogP) is -0.0292. The number of aldehydes is 1. The number of nitrogens with zero attached hydrogens (tertiary/aromatic N) is 2. The Labute approximate surface area is 153 Å². The van der Waals surface area contributed by atoms with Crippen LogP contribution in [-0.4, -0.2) is 74.2 Å². The van der Waals surface area contributed by atoms with Gasteiger partial charge in [-0.15, -0.1) is 0 Å². The van der Waals surface area contributed by atoms with E-state index in [1.807, 2.05) is 30.3 Å². The van der Waals surface area contributed by atoms with Crippen molar-refractivity contribution in [2.45, 2.75) is 30.5 Å². The number of carbonyl (C=O) groups excluding carboxylic acids is 2. The van der Waals surface area contributed by atoms with E-state index in [-0.39, 0.29) is 12.0 Å². The number of carbonyl (C=O) groups is 2. The van der Waals surface area contributed by atoms with Gasteiger partial charge in [-0.3, -0.25) is 4.79 Å². The van der Waals surface area contributed by atoms with Crippen LogP contribution in [0.2, 0.25) is 0 Å². The fraction of sp³-hybridized carbons (Fsp3) is 0.579. The maximum atomic E-state index is 13.5. The van der Waals surface area contributed by atoms with Crippen molar-refractivity contribution in [3.8, 4) is 0 Å². The molecule has 140 valence electrons. The first kappa shape index (κ1) is 17.5. The Hall–Kier alpha value is -1.96. The lowest BCUT2D eigenvalue weighted by Crippen LogP contribution is -2.57. The second-order valence-electron chi connectivity index (χ2n) is 7.20. The number of piperidine rings is 1. The molecule has 3 aliphatic rings. The van der Waals surface area contributed by atoms with Gasteiger partial charge in [-0.2, -0.15) is 0 Å². The maximum absolute atomic E-state index is 13.5. The third-order valence-electron chi connectivity index (χ3n) is 5.80. The third kappa shape index (κ3) is 2.90. The Morgan fingerprint density at radius 1 is 1.15 bits per heavy atom. The van der Waals surface area contributed by atoms with E-state index in [0.29, 0.717) is 19.8 Å². The zero-order valence-corrected chi connectivity index (χ0v) is 14.9. The molecule has 2 unspecified atom stereocenters. The Balaban J connectivity index is 1.66. The van der Waals surface area contributed by atoms with Gasteiger partial charge >= 0.3 is 0 Å². The lowest BCUT2D eigenvalue weighted by Gasteiger charge is -2.40. The van der Waals surface area contributed by atoms with E-state index in [0.717, 1.165) is 44.4 Å². The van der Waals surface area contributed by atoms with Gasteiger partial charge in [-0.05, 0) is 38.1 Å². The van der Waals surface area contributed by atoms with Crippen molar-refractivity contribution in [3.05, 3.63) is 30.3 Å². The summed E-state index contributed by atoms with van der Waals surface area (Å²) in [6.07, 6.45) is 2.07. The molecule has 7 heteroatoms. The van der Waals surface area contributed by atoms with Crippen molar-refractivity contribution in [1.29, 1.82) is 0 Å². The van der Waals surface area contributed by atoms with Crippen LogP contribution in [0.4, 0.5) is 5.69 Å². The van der Waals surface area contributed by atoms with Crippen LogP contribution < -0.4 is 15.5 Å². The highest BCUT2D eigenvalue weighted by molar-refractivity contribution is 5.95. The predicted molar refractivity (Wildman–Crippen MR) is 97.9 cm³/mol. The van der Waals surface area contributed by atoms with Crippen LogP contribution in [0.1, 0.15) is 12.8 Å². The van der Waals surface area contributed by atoms with Gasteiger partial charge in [0.15, 0.2) is 0 Å². The number of amides is 1. The van der Waals surface area contributed by atoms with Gasteiger partial charge < -0.3 is 30.0 Å². The average molecular weight is 358 g/mol. The molecule has 1 aromatic carbocycles. The summed E-state index contributed by atoms with van der Waals surface area (Å²) in [5.74, 6) is 0.0501. The zero-order chi connectivity index (χ0) is 18.0. The molecule has 2 atom stereocenters. The van der Waals surface area contributed by atoms with Gasteiger partial charge in [0.25, 0.3) is 5.91 Å². The first-order chi connectivity index (χ1) is 12.8. The first-order valence-corrected chi connectivity index (χ1v) is 9.38. The van der Waals surface area contributed by atoms with Crippen molar-refractivity contribution in [1.82, 2.24) is 15.5 Å². The van der Waals surface area contributed by atoms with Crippen LogP contribution in [0.5, 0.6) is 0 Å². The van der Waals surface area contributed by atoms with E-state index in [2.05, 4.69) is 15.5 Å². The number of anilines is 1. The fourth-order valence-corrected chi connectivity index (χ4v) is 4.39. The van der Waals surface area contributed by atoms with Crippen molar-refractivity contribution >= 4 is 17.9 Å². The minimum Gasteiger partial charge on any atom is -0.373 e. The number of para-hydroxylation sites is 1. The lowest BCUT2D eigenvalue weighted by molar-refractivity contribution is -0.142. The van der Waals surface area contributed by atoms with Gasteiger partial charge in [-0.25, -0.2) is 0 Å². The number of hydrogen-bond acceptors (Lipinski definition) is 6. The number of nitrogens with one attached hydrogen (secondary N) is 2. The SMILES string of the molecule is O=CC(C1CNCCO1)N1CN(c2ccccc2)C2(CCNCC2)C1=O. The largest absolute Gasteiger partial charge is 0.373 e. The summed E-state index contributed by atoms with van der Waals surface area (Å²) in [5.41, 5.74) is 0.452. The monoisotopic (exact) mass is 358 g/mol. The van der Waals surface area contributed by atoms with Gasteiger partial charge in [0.2, 0.25) is 0 Å². The smallest absolute Gasteiger partial charge is 0.250 e. The minimum absolute atomic E-state index is 0.0501.